The van der Waals surface area contributed by atoms with Gasteiger partial charge >= 0.3 is 5.97 Å². The number of benzene rings is 2. The lowest BCUT2D eigenvalue weighted by Crippen LogP contribution is -2.27. The van der Waals surface area contributed by atoms with Crippen molar-refractivity contribution in [3.63, 3.8) is 0 Å². The number of aromatic nitrogens is 1. The Labute approximate surface area is 191 Å². The summed E-state index contributed by atoms with van der Waals surface area (Å²) in [5.41, 5.74) is 4.47. The molecule has 5 rings (SSSR count). The van der Waals surface area contributed by atoms with Crippen LogP contribution in [0.25, 0.3) is 10.9 Å². The van der Waals surface area contributed by atoms with E-state index in [0.717, 1.165) is 39.9 Å². The SMILES string of the molecule is COc1cc(C)c2[nH]ccc2c1CN1C[C@@H]2C[C@@H](C(F)F)C[C@@H]2[C@H]1c1ccc(C(=O)O)cc1. The fraction of sp³-hybridized carbons (Fsp3) is 0.423. The number of hydrogen-bond donors (Lipinski definition) is 2. The Kier molecular flexibility index (Phi) is 5.60. The molecule has 1 aliphatic heterocycles. The van der Waals surface area contributed by atoms with Crippen molar-refractivity contribution in [1.82, 2.24) is 9.88 Å². The summed E-state index contributed by atoms with van der Waals surface area (Å²) >= 11 is 0. The number of ether oxygens (including phenoxy) is 1. The number of aromatic carboxylic acids is 1. The number of aromatic amines is 1. The smallest absolute Gasteiger partial charge is 0.335 e. The Balaban J connectivity index is 1.53. The monoisotopic (exact) mass is 454 g/mol. The number of carboxylic acids is 1. The van der Waals surface area contributed by atoms with E-state index in [1.54, 1.807) is 19.2 Å². The molecule has 4 atom stereocenters. The predicted octanol–water partition coefficient (Wildman–Crippen LogP) is 5.65. The fourth-order valence-electron chi connectivity index (χ4n) is 6.12. The summed E-state index contributed by atoms with van der Waals surface area (Å²) in [5.74, 6) is -0.389. The first-order valence-electron chi connectivity index (χ1n) is 11.4. The lowest BCUT2D eigenvalue weighted by molar-refractivity contribution is 0.0685. The van der Waals surface area contributed by atoms with Crippen molar-refractivity contribution in [2.45, 2.75) is 38.8 Å². The molecule has 0 bridgehead atoms. The molecule has 0 amide bonds. The number of carboxylic acid groups (broad SMARTS) is 1. The van der Waals surface area contributed by atoms with Crippen LogP contribution in [0, 0.1) is 24.7 Å². The first-order chi connectivity index (χ1) is 15.9. The molecule has 0 radical (unpaired) electrons. The zero-order valence-corrected chi connectivity index (χ0v) is 18.7. The Bertz CT molecular complexity index is 1170. The number of alkyl halides is 2. The van der Waals surface area contributed by atoms with Gasteiger partial charge < -0.3 is 14.8 Å². The van der Waals surface area contributed by atoms with Crippen molar-refractivity contribution >= 4 is 16.9 Å². The average molecular weight is 455 g/mol. The lowest BCUT2D eigenvalue weighted by Gasteiger charge is -2.30. The second-order valence-corrected chi connectivity index (χ2v) is 9.43. The molecule has 1 aliphatic carbocycles. The number of nitrogens with zero attached hydrogens (tertiary/aromatic N) is 1. The number of rotatable bonds is 6. The summed E-state index contributed by atoms with van der Waals surface area (Å²) in [5, 5.41) is 10.4. The molecule has 33 heavy (non-hydrogen) atoms. The van der Waals surface area contributed by atoms with Gasteiger partial charge in [-0.3, -0.25) is 4.90 Å². The largest absolute Gasteiger partial charge is 0.496 e. The molecule has 0 unspecified atom stereocenters. The highest BCUT2D eigenvalue weighted by atomic mass is 19.3. The highest BCUT2D eigenvalue weighted by Crippen LogP contribution is 2.53. The lowest BCUT2D eigenvalue weighted by atomic mass is 9.88. The third-order valence-corrected chi connectivity index (χ3v) is 7.60. The molecular weight excluding hydrogens is 426 g/mol. The van der Waals surface area contributed by atoms with Crippen LogP contribution in [0.5, 0.6) is 5.75 Å². The van der Waals surface area contributed by atoms with Gasteiger partial charge in [0.25, 0.3) is 0 Å². The van der Waals surface area contributed by atoms with Gasteiger partial charge in [-0.15, -0.1) is 0 Å². The quantitative estimate of drug-likeness (QED) is 0.505. The number of carbonyl (C=O) groups is 1. The van der Waals surface area contributed by atoms with Gasteiger partial charge in [0.2, 0.25) is 6.43 Å². The van der Waals surface area contributed by atoms with Crippen molar-refractivity contribution in [2.24, 2.45) is 17.8 Å². The van der Waals surface area contributed by atoms with E-state index in [4.69, 9.17) is 4.74 Å². The van der Waals surface area contributed by atoms with E-state index in [1.165, 1.54) is 0 Å². The molecule has 2 heterocycles. The highest BCUT2D eigenvalue weighted by molar-refractivity contribution is 5.88. The number of likely N-dealkylation sites (tertiary alicyclic amines) is 1. The van der Waals surface area contributed by atoms with E-state index >= 15 is 0 Å². The fourth-order valence-corrected chi connectivity index (χ4v) is 6.12. The molecule has 7 heteroatoms. The van der Waals surface area contributed by atoms with Crippen LogP contribution in [0.4, 0.5) is 8.78 Å². The van der Waals surface area contributed by atoms with Gasteiger partial charge in [-0.2, -0.15) is 0 Å². The molecule has 174 valence electrons. The van der Waals surface area contributed by atoms with Crippen LogP contribution >= 0.6 is 0 Å². The molecule has 1 saturated carbocycles. The van der Waals surface area contributed by atoms with E-state index < -0.39 is 18.3 Å². The average Bonchev–Trinajstić information content (AvgIpc) is 3.50. The van der Waals surface area contributed by atoms with E-state index in [0.29, 0.717) is 19.4 Å². The minimum Gasteiger partial charge on any atom is -0.496 e. The Morgan fingerprint density at radius 2 is 2.00 bits per heavy atom. The third kappa shape index (κ3) is 3.78. The van der Waals surface area contributed by atoms with Crippen molar-refractivity contribution in [3.05, 3.63) is 64.8 Å². The maximum atomic E-state index is 13.5. The summed E-state index contributed by atoms with van der Waals surface area (Å²) in [7, 11) is 1.67. The maximum Gasteiger partial charge on any atom is 0.335 e. The molecule has 2 N–H and O–H groups in total. The Morgan fingerprint density at radius 3 is 2.67 bits per heavy atom. The molecule has 2 aliphatic rings. The molecule has 2 aromatic carbocycles. The van der Waals surface area contributed by atoms with Crippen LogP contribution in [-0.2, 0) is 6.54 Å². The Hall–Kier alpha value is -2.93. The first kappa shape index (κ1) is 21.9. The summed E-state index contributed by atoms with van der Waals surface area (Å²) in [6.45, 7) is 3.42. The molecule has 1 saturated heterocycles. The van der Waals surface area contributed by atoms with Gasteiger partial charge in [-0.1, -0.05) is 12.1 Å². The van der Waals surface area contributed by atoms with Gasteiger partial charge in [0.15, 0.2) is 0 Å². The molecule has 0 spiro atoms. The molecule has 2 fully saturated rings. The molecule has 3 aromatic rings. The summed E-state index contributed by atoms with van der Waals surface area (Å²) in [4.78, 5) is 17.0. The number of halogens is 2. The summed E-state index contributed by atoms with van der Waals surface area (Å²) in [6, 6.07) is 11.0. The summed E-state index contributed by atoms with van der Waals surface area (Å²) < 4.78 is 32.8. The second kappa shape index (κ2) is 8.45. The van der Waals surface area contributed by atoms with Crippen LogP contribution in [0.3, 0.4) is 0 Å². The van der Waals surface area contributed by atoms with Crippen molar-refractivity contribution < 1.29 is 23.4 Å². The Morgan fingerprint density at radius 1 is 1.24 bits per heavy atom. The van der Waals surface area contributed by atoms with Gasteiger partial charge in [-0.05, 0) is 67.0 Å². The maximum absolute atomic E-state index is 13.5. The number of aryl methyl sites for hydroxylation is 1. The number of fused-ring (bicyclic) bond motifs is 2. The molecule has 1 aromatic heterocycles. The number of hydrogen-bond acceptors (Lipinski definition) is 3. The minimum atomic E-state index is -2.30. The third-order valence-electron chi connectivity index (χ3n) is 7.60. The molecule has 5 nitrogen and oxygen atoms in total. The minimum absolute atomic E-state index is 0.0402. The van der Waals surface area contributed by atoms with Crippen molar-refractivity contribution in [3.8, 4) is 5.75 Å². The number of H-pyrrole nitrogens is 1. The van der Waals surface area contributed by atoms with Crippen LogP contribution in [0.1, 0.15) is 45.9 Å². The zero-order chi connectivity index (χ0) is 23.3. The first-order valence-corrected chi connectivity index (χ1v) is 11.4. The van der Waals surface area contributed by atoms with Crippen molar-refractivity contribution in [2.75, 3.05) is 13.7 Å². The van der Waals surface area contributed by atoms with E-state index in [1.807, 2.05) is 31.3 Å². The van der Waals surface area contributed by atoms with E-state index in [2.05, 4.69) is 16.0 Å². The van der Waals surface area contributed by atoms with Gasteiger partial charge in [0.1, 0.15) is 5.75 Å². The van der Waals surface area contributed by atoms with E-state index in [9.17, 15) is 18.7 Å². The second-order valence-electron chi connectivity index (χ2n) is 9.43. The summed E-state index contributed by atoms with van der Waals surface area (Å²) in [6.07, 6.45) is 0.659. The van der Waals surface area contributed by atoms with E-state index in [-0.39, 0.29) is 23.4 Å². The van der Waals surface area contributed by atoms with Crippen molar-refractivity contribution in [1.29, 1.82) is 0 Å². The topological polar surface area (TPSA) is 65.6 Å². The predicted molar refractivity (Wildman–Crippen MR) is 122 cm³/mol. The normalized spacial score (nSPS) is 25.1. The van der Waals surface area contributed by atoms with Gasteiger partial charge in [-0.25, -0.2) is 13.6 Å². The number of methoxy groups -OCH3 is 1. The van der Waals surface area contributed by atoms with Gasteiger partial charge in [0.05, 0.1) is 12.7 Å². The van der Waals surface area contributed by atoms with Crippen LogP contribution in [0.15, 0.2) is 42.6 Å². The molecular formula is C26H28F2N2O3. The van der Waals surface area contributed by atoms with Gasteiger partial charge in [0, 0.05) is 47.7 Å². The highest BCUT2D eigenvalue weighted by Gasteiger charge is 2.49. The zero-order valence-electron chi connectivity index (χ0n) is 18.7. The standard InChI is InChI=1S/C26H28F2N2O3/c1-14-9-22(33-2)21(19-7-8-29-23(14)19)13-30-12-18-10-17(25(27)28)11-20(18)24(30)15-3-5-16(6-4-15)26(31)32/h3-9,17-18,20,24-25,29H,10-13H2,1-2H3,(H,31,32)/t17-,18+,20+,24-/m1/s1. The number of nitrogens with one attached hydrogen (secondary N) is 1. The van der Waals surface area contributed by atoms with Crippen LogP contribution in [-0.4, -0.2) is 41.0 Å². The van der Waals surface area contributed by atoms with Crippen LogP contribution < -0.4 is 4.74 Å². The van der Waals surface area contributed by atoms with Crippen LogP contribution in [0.2, 0.25) is 0 Å².